The monoisotopic (exact) mass is 506 g/mol. The van der Waals surface area contributed by atoms with Crippen molar-refractivity contribution in [3.8, 4) is 17.0 Å². The van der Waals surface area contributed by atoms with Crippen LogP contribution < -0.4 is 10.1 Å². The molecule has 2 bridgehead atoms. The summed E-state index contributed by atoms with van der Waals surface area (Å²) in [7, 11) is 2.26. The third kappa shape index (κ3) is 4.47. The van der Waals surface area contributed by atoms with Gasteiger partial charge in [-0.3, -0.25) is 9.89 Å². The first-order chi connectivity index (χ1) is 18.6. The summed E-state index contributed by atoms with van der Waals surface area (Å²) >= 11 is 0. The van der Waals surface area contributed by atoms with Crippen LogP contribution in [0, 0.1) is 5.92 Å². The number of benzene rings is 3. The minimum absolute atomic E-state index is 0.0457. The zero-order valence-corrected chi connectivity index (χ0v) is 21.8. The molecule has 194 valence electrons. The van der Waals surface area contributed by atoms with Crippen LogP contribution in [0.15, 0.2) is 72.8 Å². The molecule has 2 N–H and O–H groups in total. The van der Waals surface area contributed by atoms with E-state index in [1.165, 1.54) is 18.4 Å². The van der Waals surface area contributed by atoms with Crippen LogP contribution in [0.25, 0.3) is 22.2 Å². The van der Waals surface area contributed by atoms with Gasteiger partial charge >= 0.3 is 0 Å². The van der Waals surface area contributed by atoms with E-state index < -0.39 is 0 Å². The molecule has 3 heterocycles. The first-order valence-electron chi connectivity index (χ1n) is 14.0. The largest absolute Gasteiger partial charge is 0.490 e. The highest BCUT2D eigenvalue weighted by molar-refractivity contribution is 6.01. The summed E-state index contributed by atoms with van der Waals surface area (Å²) in [5.41, 5.74) is 4.59. The number of carbonyl (C=O) groups excluding carboxylic acids is 1. The molecule has 2 aliphatic heterocycles. The highest BCUT2D eigenvalue weighted by Crippen LogP contribution is 2.41. The summed E-state index contributed by atoms with van der Waals surface area (Å²) in [5, 5.41) is 12.0. The number of amides is 1. The Morgan fingerprint density at radius 2 is 1.71 bits per heavy atom. The summed E-state index contributed by atoms with van der Waals surface area (Å²) < 4.78 is 6.38. The summed E-state index contributed by atoms with van der Waals surface area (Å²) in [6.45, 7) is 0. The summed E-state index contributed by atoms with van der Waals surface area (Å²) in [4.78, 5) is 15.9. The van der Waals surface area contributed by atoms with Gasteiger partial charge in [0.25, 0.3) is 5.91 Å². The molecule has 4 atom stereocenters. The van der Waals surface area contributed by atoms with Gasteiger partial charge < -0.3 is 15.0 Å². The maximum Gasteiger partial charge on any atom is 0.251 e. The fourth-order valence-electron chi connectivity index (χ4n) is 6.50. The molecule has 6 heteroatoms. The smallest absolute Gasteiger partial charge is 0.251 e. The van der Waals surface area contributed by atoms with E-state index in [4.69, 9.17) is 4.74 Å². The zero-order chi connectivity index (χ0) is 25.6. The van der Waals surface area contributed by atoms with Crippen LogP contribution in [0.2, 0.25) is 0 Å². The van der Waals surface area contributed by atoms with E-state index in [1.54, 1.807) is 0 Å². The number of piperidine rings is 1. The lowest BCUT2D eigenvalue weighted by atomic mass is 10.0. The van der Waals surface area contributed by atoms with Crippen molar-refractivity contribution < 1.29 is 9.53 Å². The number of rotatable bonds is 7. The Labute approximate surface area is 223 Å². The van der Waals surface area contributed by atoms with Gasteiger partial charge in [-0.2, -0.15) is 5.10 Å². The molecule has 0 unspecified atom stereocenters. The summed E-state index contributed by atoms with van der Waals surface area (Å²) in [6.07, 6.45) is 7.40. The Kier molecular flexibility index (Phi) is 5.92. The van der Waals surface area contributed by atoms with Crippen molar-refractivity contribution in [2.45, 2.75) is 62.8 Å². The van der Waals surface area contributed by atoms with Gasteiger partial charge in [-0.05, 0) is 99.5 Å². The third-order valence-electron chi connectivity index (χ3n) is 8.85. The lowest BCUT2D eigenvalue weighted by molar-refractivity contribution is 0.0662. The fourth-order valence-corrected chi connectivity index (χ4v) is 6.50. The molecule has 7 rings (SSSR count). The second-order valence-corrected chi connectivity index (χ2v) is 11.3. The van der Waals surface area contributed by atoms with Crippen LogP contribution in [0.1, 0.15) is 60.5 Å². The molecule has 38 heavy (non-hydrogen) atoms. The van der Waals surface area contributed by atoms with Gasteiger partial charge in [0, 0.05) is 28.6 Å². The number of aromatic amines is 1. The second-order valence-electron chi connectivity index (χ2n) is 11.3. The number of aromatic nitrogens is 2. The van der Waals surface area contributed by atoms with Gasteiger partial charge in [-0.25, -0.2) is 0 Å². The van der Waals surface area contributed by atoms with E-state index in [0.717, 1.165) is 53.6 Å². The second kappa shape index (κ2) is 9.59. The molecule has 0 spiro atoms. The molecule has 6 nitrogen and oxygen atoms in total. The molecule has 1 amide bonds. The van der Waals surface area contributed by atoms with Crippen LogP contribution in [0.3, 0.4) is 0 Å². The van der Waals surface area contributed by atoms with E-state index in [1.807, 2.05) is 48.5 Å². The van der Waals surface area contributed by atoms with Gasteiger partial charge in [0.15, 0.2) is 0 Å². The number of nitrogens with one attached hydrogen (secondary N) is 2. The minimum Gasteiger partial charge on any atom is -0.490 e. The fraction of sp³-hybridized carbons (Fsp3) is 0.375. The van der Waals surface area contributed by atoms with E-state index in [9.17, 15) is 4.79 Å². The van der Waals surface area contributed by atoms with E-state index in [2.05, 4.69) is 51.7 Å². The molecule has 2 saturated heterocycles. The molecule has 1 aromatic heterocycles. The Hall–Kier alpha value is -3.64. The van der Waals surface area contributed by atoms with Crippen LogP contribution in [0.5, 0.6) is 5.75 Å². The molecule has 3 fully saturated rings. The van der Waals surface area contributed by atoms with Gasteiger partial charge in [0.2, 0.25) is 0 Å². The lowest BCUT2D eigenvalue weighted by Gasteiger charge is -2.36. The van der Waals surface area contributed by atoms with Crippen molar-refractivity contribution in [1.29, 1.82) is 0 Å². The van der Waals surface area contributed by atoms with Crippen LogP contribution >= 0.6 is 0 Å². The molecule has 1 saturated carbocycles. The molecule has 4 aromatic rings. The average molecular weight is 507 g/mol. The molecule has 3 aliphatic rings. The van der Waals surface area contributed by atoms with Gasteiger partial charge in [0.05, 0.1) is 17.3 Å². The first kappa shape index (κ1) is 23.5. The summed E-state index contributed by atoms with van der Waals surface area (Å²) in [5.74, 6) is 1.38. The summed E-state index contributed by atoms with van der Waals surface area (Å²) in [6, 6.07) is 25.7. The van der Waals surface area contributed by atoms with Gasteiger partial charge in [0.1, 0.15) is 11.9 Å². The Morgan fingerprint density at radius 1 is 0.974 bits per heavy atom. The molecular weight excluding hydrogens is 472 g/mol. The van der Waals surface area contributed by atoms with Crippen molar-refractivity contribution in [2.75, 3.05) is 7.05 Å². The van der Waals surface area contributed by atoms with Gasteiger partial charge in [-0.1, -0.05) is 30.3 Å². The quantitative estimate of drug-likeness (QED) is 0.317. The van der Waals surface area contributed by atoms with E-state index in [-0.39, 0.29) is 18.1 Å². The number of H-pyrrole nitrogens is 1. The van der Waals surface area contributed by atoms with Crippen molar-refractivity contribution in [1.82, 2.24) is 20.4 Å². The topological polar surface area (TPSA) is 70.2 Å². The predicted octanol–water partition coefficient (Wildman–Crippen LogP) is 6.12. The number of carbonyl (C=O) groups is 1. The zero-order valence-electron chi connectivity index (χ0n) is 21.8. The van der Waals surface area contributed by atoms with Crippen molar-refractivity contribution in [3.05, 3.63) is 83.9 Å². The average Bonchev–Trinajstić information content (AvgIpc) is 3.67. The molecule has 1 aliphatic carbocycles. The molecule has 0 radical (unpaired) electrons. The van der Waals surface area contributed by atoms with Crippen LogP contribution in [-0.4, -0.2) is 46.2 Å². The van der Waals surface area contributed by atoms with Crippen molar-refractivity contribution >= 4 is 16.8 Å². The minimum atomic E-state index is -0.0457. The standard InChI is InChI=1S/C32H34N4O2/c1-36-24-12-13-25(36)19-27(18-24)38-26-14-9-22(10-15-26)31-28-17-23(11-16-29(28)34-35-31)32(37)33-30(21-7-8-21)20-5-3-2-4-6-20/h2-6,9-11,14-17,21,24-25,27,30H,7-8,12-13,18-19H2,1H3,(H,33,37)(H,34,35)/t24-,25+,27+,30-/m1/s1. The first-order valence-corrected chi connectivity index (χ1v) is 14.0. The molecular formula is C32H34N4O2. The number of hydrogen-bond donors (Lipinski definition) is 2. The molecule has 3 aromatic carbocycles. The third-order valence-corrected chi connectivity index (χ3v) is 8.85. The van der Waals surface area contributed by atoms with E-state index >= 15 is 0 Å². The normalized spacial score (nSPS) is 23.9. The number of ether oxygens (including phenoxy) is 1. The SMILES string of the molecule is CN1[C@@H]2CC[C@H]1C[C@@H](Oc1ccc(-c3n[nH]c4ccc(C(=O)N[C@H](c5ccccc5)C5CC5)cc34)cc1)C2. The number of fused-ring (bicyclic) bond motifs is 3. The number of hydrogen-bond acceptors (Lipinski definition) is 4. The predicted molar refractivity (Wildman–Crippen MR) is 149 cm³/mol. The Balaban J connectivity index is 1.08. The highest BCUT2D eigenvalue weighted by atomic mass is 16.5. The Bertz CT molecular complexity index is 1430. The number of nitrogens with zero attached hydrogens (tertiary/aromatic N) is 2. The van der Waals surface area contributed by atoms with Gasteiger partial charge in [-0.15, -0.1) is 0 Å². The Morgan fingerprint density at radius 3 is 2.42 bits per heavy atom. The maximum absolute atomic E-state index is 13.3. The maximum atomic E-state index is 13.3. The highest BCUT2D eigenvalue weighted by Gasteiger charge is 2.39. The van der Waals surface area contributed by atoms with Crippen molar-refractivity contribution in [2.24, 2.45) is 5.92 Å². The van der Waals surface area contributed by atoms with E-state index in [0.29, 0.717) is 23.6 Å². The lowest BCUT2D eigenvalue weighted by Crippen LogP contribution is -2.43. The van der Waals surface area contributed by atoms with Crippen LogP contribution in [0.4, 0.5) is 0 Å². The van der Waals surface area contributed by atoms with Crippen molar-refractivity contribution in [3.63, 3.8) is 0 Å². The van der Waals surface area contributed by atoms with Crippen LogP contribution in [-0.2, 0) is 0 Å².